The molecule has 0 bridgehead atoms. The summed E-state index contributed by atoms with van der Waals surface area (Å²) in [6, 6.07) is 11.9. The summed E-state index contributed by atoms with van der Waals surface area (Å²) in [4.78, 5) is 38.8. The number of hydrogen-bond donors (Lipinski definition) is 1. The van der Waals surface area contributed by atoms with Crippen LogP contribution in [0.1, 0.15) is 24.9 Å². The van der Waals surface area contributed by atoms with Crippen molar-refractivity contribution in [3.63, 3.8) is 0 Å². The van der Waals surface area contributed by atoms with Gasteiger partial charge in [0.2, 0.25) is 5.91 Å². The Bertz CT molecular complexity index is 1020. The first-order valence-corrected chi connectivity index (χ1v) is 10.5. The van der Waals surface area contributed by atoms with Crippen molar-refractivity contribution in [3.8, 4) is 17.2 Å². The molecule has 33 heavy (non-hydrogen) atoms. The van der Waals surface area contributed by atoms with Crippen LogP contribution < -0.4 is 24.4 Å². The zero-order valence-electron chi connectivity index (χ0n) is 19.1. The van der Waals surface area contributed by atoms with Gasteiger partial charge in [-0.05, 0) is 37.3 Å². The second kappa shape index (κ2) is 10.7. The second-order valence-corrected chi connectivity index (χ2v) is 7.61. The molecule has 0 radical (unpaired) electrons. The van der Waals surface area contributed by atoms with Gasteiger partial charge in [-0.3, -0.25) is 14.4 Å². The van der Waals surface area contributed by atoms with E-state index in [4.69, 9.17) is 18.9 Å². The van der Waals surface area contributed by atoms with E-state index in [2.05, 4.69) is 5.32 Å². The fourth-order valence-corrected chi connectivity index (χ4v) is 3.69. The van der Waals surface area contributed by atoms with Gasteiger partial charge >= 0.3 is 5.97 Å². The van der Waals surface area contributed by atoms with E-state index < -0.39 is 30.4 Å². The molecule has 0 aliphatic carbocycles. The highest BCUT2D eigenvalue weighted by atomic mass is 16.5. The van der Waals surface area contributed by atoms with Crippen molar-refractivity contribution in [1.82, 2.24) is 5.32 Å². The van der Waals surface area contributed by atoms with E-state index in [1.165, 1.54) is 4.90 Å². The molecule has 9 heteroatoms. The lowest BCUT2D eigenvalue weighted by Gasteiger charge is -2.19. The average Bonchev–Trinajstić information content (AvgIpc) is 3.23. The van der Waals surface area contributed by atoms with E-state index in [0.29, 0.717) is 22.9 Å². The van der Waals surface area contributed by atoms with Gasteiger partial charge in [-0.15, -0.1) is 0 Å². The minimum absolute atomic E-state index is 0.0229. The van der Waals surface area contributed by atoms with Crippen LogP contribution in [0.25, 0.3) is 0 Å². The molecule has 2 aromatic carbocycles. The molecule has 1 aliphatic rings. The summed E-state index contributed by atoms with van der Waals surface area (Å²) in [5, 5.41) is 2.78. The highest BCUT2D eigenvalue weighted by Gasteiger charge is 2.36. The number of hydrogen-bond acceptors (Lipinski definition) is 7. The van der Waals surface area contributed by atoms with Crippen molar-refractivity contribution in [3.05, 3.63) is 48.0 Å². The highest BCUT2D eigenvalue weighted by Crippen LogP contribution is 2.30. The summed E-state index contributed by atoms with van der Waals surface area (Å²) in [6.07, 6.45) is 0.0229. The minimum atomic E-state index is -0.646. The Labute approximate surface area is 192 Å². The molecule has 2 unspecified atom stereocenters. The molecular weight excluding hydrogens is 428 g/mol. The van der Waals surface area contributed by atoms with Crippen LogP contribution in [0.5, 0.6) is 17.2 Å². The molecule has 1 heterocycles. The van der Waals surface area contributed by atoms with Crippen LogP contribution in [0.15, 0.2) is 42.5 Å². The maximum absolute atomic E-state index is 12.5. The van der Waals surface area contributed by atoms with E-state index in [-0.39, 0.29) is 18.9 Å². The van der Waals surface area contributed by atoms with Gasteiger partial charge in [0, 0.05) is 30.3 Å². The van der Waals surface area contributed by atoms with Crippen molar-refractivity contribution in [2.45, 2.75) is 19.4 Å². The molecular formula is C24H28N2O7. The predicted molar refractivity (Wildman–Crippen MR) is 121 cm³/mol. The van der Waals surface area contributed by atoms with Crippen molar-refractivity contribution >= 4 is 23.5 Å². The maximum atomic E-state index is 12.5. The molecule has 176 valence electrons. The number of rotatable bonds is 9. The van der Waals surface area contributed by atoms with Gasteiger partial charge in [0.05, 0.1) is 33.3 Å². The third-order valence-electron chi connectivity index (χ3n) is 5.45. The Hall–Kier alpha value is -3.75. The Morgan fingerprint density at radius 2 is 1.79 bits per heavy atom. The second-order valence-electron chi connectivity index (χ2n) is 7.61. The van der Waals surface area contributed by atoms with Crippen LogP contribution in [0, 0.1) is 5.92 Å². The topological polar surface area (TPSA) is 103 Å². The van der Waals surface area contributed by atoms with E-state index in [1.807, 2.05) is 0 Å². The summed E-state index contributed by atoms with van der Waals surface area (Å²) in [5.74, 6) is -0.0386. The number of nitrogens with one attached hydrogen (secondary N) is 1. The number of carbonyl (C=O) groups excluding carboxylic acids is 3. The third kappa shape index (κ3) is 5.74. The molecule has 3 rings (SSSR count). The lowest BCUT2D eigenvalue weighted by molar-refractivity contribution is -0.152. The SMILES string of the molecule is COc1cccc(N2CC(C(=O)OCC(=O)NC(C)c3cc(OC)ccc3OC)CC2=O)c1. The van der Waals surface area contributed by atoms with Gasteiger partial charge in [-0.25, -0.2) is 0 Å². The Balaban J connectivity index is 1.54. The molecule has 0 aromatic heterocycles. The summed E-state index contributed by atoms with van der Waals surface area (Å²) in [7, 11) is 4.64. The quantitative estimate of drug-likeness (QED) is 0.578. The van der Waals surface area contributed by atoms with Gasteiger partial charge in [0.25, 0.3) is 5.91 Å². The van der Waals surface area contributed by atoms with E-state index in [0.717, 1.165) is 5.56 Å². The number of ether oxygens (including phenoxy) is 4. The van der Waals surface area contributed by atoms with Crippen molar-refractivity contribution < 1.29 is 33.3 Å². The summed E-state index contributed by atoms with van der Waals surface area (Å²) in [6.45, 7) is 1.53. The fraction of sp³-hybridized carbons (Fsp3) is 0.375. The summed E-state index contributed by atoms with van der Waals surface area (Å²) < 4.78 is 21.0. The van der Waals surface area contributed by atoms with Crippen molar-refractivity contribution in [1.29, 1.82) is 0 Å². The van der Waals surface area contributed by atoms with Gasteiger partial charge in [-0.1, -0.05) is 6.07 Å². The van der Waals surface area contributed by atoms with Gasteiger partial charge in [0.15, 0.2) is 6.61 Å². The molecule has 2 aromatic rings. The Morgan fingerprint density at radius 3 is 2.48 bits per heavy atom. The molecule has 1 N–H and O–H groups in total. The maximum Gasteiger partial charge on any atom is 0.311 e. The monoisotopic (exact) mass is 456 g/mol. The van der Waals surface area contributed by atoms with Crippen LogP contribution in [-0.4, -0.2) is 52.3 Å². The Kier molecular flexibility index (Phi) is 7.76. The van der Waals surface area contributed by atoms with Crippen molar-refractivity contribution in [2.75, 3.05) is 39.4 Å². The number of esters is 1. The number of anilines is 1. The first-order chi connectivity index (χ1) is 15.9. The number of amides is 2. The van der Waals surface area contributed by atoms with Crippen molar-refractivity contribution in [2.24, 2.45) is 5.92 Å². The molecule has 9 nitrogen and oxygen atoms in total. The van der Waals surface area contributed by atoms with E-state index in [9.17, 15) is 14.4 Å². The smallest absolute Gasteiger partial charge is 0.311 e. The molecule has 0 spiro atoms. The first-order valence-electron chi connectivity index (χ1n) is 10.5. The van der Waals surface area contributed by atoms with Gasteiger partial charge in [-0.2, -0.15) is 0 Å². The van der Waals surface area contributed by atoms with Crippen LogP contribution in [0.3, 0.4) is 0 Å². The molecule has 1 aliphatic heterocycles. The van der Waals surface area contributed by atoms with Gasteiger partial charge in [0.1, 0.15) is 17.2 Å². The van der Waals surface area contributed by atoms with E-state index >= 15 is 0 Å². The molecule has 0 saturated carbocycles. The molecule has 2 amide bonds. The lowest BCUT2D eigenvalue weighted by Crippen LogP contribution is -2.33. The lowest BCUT2D eigenvalue weighted by atomic mass is 10.1. The number of benzene rings is 2. The zero-order chi connectivity index (χ0) is 24.0. The minimum Gasteiger partial charge on any atom is -0.497 e. The van der Waals surface area contributed by atoms with Crippen LogP contribution >= 0.6 is 0 Å². The molecule has 2 atom stereocenters. The summed E-state index contributed by atoms with van der Waals surface area (Å²) >= 11 is 0. The number of nitrogens with zero attached hydrogens (tertiary/aromatic N) is 1. The third-order valence-corrected chi connectivity index (χ3v) is 5.45. The first kappa shape index (κ1) is 23.9. The summed E-state index contributed by atoms with van der Waals surface area (Å²) in [5.41, 5.74) is 1.38. The highest BCUT2D eigenvalue weighted by molar-refractivity contribution is 5.99. The number of methoxy groups -OCH3 is 3. The predicted octanol–water partition coefficient (Wildman–Crippen LogP) is 2.49. The van der Waals surface area contributed by atoms with Crippen LogP contribution in [0.2, 0.25) is 0 Å². The Morgan fingerprint density at radius 1 is 1.06 bits per heavy atom. The average molecular weight is 456 g/mol. The molecule has 1 fully saturated rings. The standard InChI is InChI=1S/C24H28N2O7/c1-15(20-12-19(31-3)8-9-21(20)32-4)25-22(27)14-33-24(29)16-10-23(28)26(13-16)17-6-5-7-18(11-17)30-2/h5-9,11-12,15-16H,10,13-14H2,1-4H3,(H,25,27). The fourth-order valence-electron chi connectivity index (χ4n) is 3.69. The largest absolute Gasteiger partial charge is 0.497 e. The number of carbonyl (C=O) groups is 3. The zero-order valence-corrected chi connectivity index (χ0v) is 19.1. The van der Waals surface area contributed by atoms with Gasteiger partial charge < -0.3 is 29.2 Å². The molecule has 1 saturated heterocycles. The van der Waals surface area contributed by atoms with Crippen LogP contribution in [0.4, 0.5) is 5.69 Å². The van der Waals surface area contributed by atoms with Crippen LogP contribution in [-0.2, 0) is 19.1 Å². The van der Waals surface area contributed by atoms with E-state index in [1.54, 1.807) is 70.7 Å². The normalized spacial score (nSPS) is 16.2.